The van der Waals surface area contributed by atoms with Crippen molar-refractivity contribution < 1.29 is 4.42 Å². The Morgan fingerprint density at radius 3 is 2.53 bits per heavy atom. The van der Waals surface area contributed by atoms with Gasteiger partial charge in [-0.15, -0.1) is 0 Å². The summed E-state index contributed by atoms with van der Waals surface area (Å²) >= 11 is 0. The number of unbranched alkanes of at least 4 members (excludes halogenated alkanes) is 3. The van der Waals surface area contributed by atoms with Crippen molar-refractivity contribution in [1.82, 2.24) is 5.32 Å². The molecule has 1 rings (SSSR count). The van der Waals surface area contributed by atoms with Crippen LogP contribution in [0.2, 0.25) is 0 Å². The van der Waals surface area contributed by atoms with Gasteiger partial charge < -0.3 is 9.73 Å². The van der Waals surface area contributed by atoms with Crippen molar-refractivity contribution in [3.63, 3.8) is 0 Å². The Kier molecular flexibility index (Phi) is 7.02. The van der Waals surface area contributed by atoms with E-state index < -0.39 is 0 Å². The summed E-state index contributed by atoms with van der Waals surface area (Å²) in [6, 6.07) is 2.43. The molecule has 0 saturated carbocycles. The molecule has 0 aliphatic rings. The normalized spacial score (nSPS) is 13.2. The third-order valence-electron chi connectivity index (χ3n) is 3.20. The van der Waals surface area contributed by atoms with E-state index in [1.165, 1.54) is 37.7 Å². The van der Waals surface area contributed by atoms with E-state index >= 15 is 0 Å². The van der Waals surface area contributed by atoms with Crippen LogP contribution < -0.4 is 5.32 Å². The highest BCUT2D eigenvalue weighted by molar-refractivity contribution is 5.09. The van der Waals surface area contributed by atoms with Gasteiger partial charge in [0, 0.05) is 11.6 Å². The van der Waals surface area contributed by atoms with Gasteiger partial charge in [-0.05, 0) is 31.9 Å². The predicted octanol–water partition coefficient (Wildman–Crippen LogP) is 4.54. The summed E-state index contributed by atoms with van der Waals surface area (Å²) in [5.74, 6) is 0.856. The first-order chi connectivity index (χ1) is 8.20. The van der Waals surface area contributed by atoms with Crippen molar-refractivity contribution in [3.05, 3.63) is 24.2 Å². The Balaban J connectivity index is 1.94. The lowest BCUT2D eigenvalue weighted by molar-refractivity contribution is 0.495. The Labute approximate surface area is 106 Å². The molecule has 0 aliphatic carbocycles. The molecule has 98 valence electrons. The Hall–Kier alpha value is -0.760. The smallest absolute Gasteiger partial charge is 0.0950 e. The molecule has 2 heteroatoms. The van der Waals surface area contributed by atoms with E-state index in [1.54, 1.807) is 6.26 Å². The number of rotatable bonds is 9. The maximum atomic E-state index is 5.08. The van der Waals surface area contributed by atoms with Crippen LogP contribution in [0.5, 0.6) is 0 Å². The molecule has 2 nitrogen and oxygen atoms in total. The Bertz CT molecular complexity index is 266. The van der Waals surface area contributed by atoms with Crippen LogP contribution in [0.1, 0.15) is 64.5 Å². The van der Waals surface area contributed by atoms with Crippen molar-refractivity contribution in [2.24, 2.45) is 5.92 Å². The van der Waals surface area contributed by atoms with Crippen molar-refractivity contribution in [3.8, 4) is 0 Å². The highest BCUT2D eigenvalue weighted by Crippen LogP contribution is 2.13. The lowest BCUT2D eigenvalue weighted by Gasteiger charge is -2.11. The predicted molar refractivity (Wildman–Crippen MR) is 73.0 cm³/mol. The van der Waals surface area contributed by atoms with Crippen LogP contribution in [-0.2, 0) is 0 Å². The average Bonchev–Trinajstić information content (AvgIpc) is 2.80. The molecule has 1 aromatic heterocycles. The highest BCUT2D eigenvalue weighted by atomic mass is 16.3. The van der Waals surface area contributed by atoms with E-state index in [2.05, 4.69) is 26.1 Å². The molecule has 0 saturated heterocycles. The summed E-state index contributed by atoms with van der Waals surface area (Å²) in [7, 11) is 0. The van der Waals surface area contributed by atoms with Crippen LogP contribution in [0.25, 0.3) is 0 Å². The summed E-state index contributed by atoms with van der Waals surface area (Å²) in [4.78, 5) is 0. The SMILES string of the molecule is CC(C)CCCCCCNC(C)c1ccoc1. The van der Waals surface area contributed by atoms with E-state index in [0.29, 0.717) is 6.04 Å². The fourth-order valence-corrected chi connectivity index (χ4v) is 1.99. The number of hydrogen-bond donors (Lipinski definition) is 1. The van der Waals surface area contributed by atoms with Gasteiger partial charge >= 0.3 is 0 Å². The van der Waals surface area contributed by atoms with Gasteiger partial charge in [-0.2, -0.15) is 0 Å². The van der Waals surface area contributed by atoms with Gasteiger partial charge in [-0.1, -0.05) is 39.5 Å². The maximum Gasteiger partial charge on any atom is 0.0950 e. The molecule has 1 unspecified atom stereocenters. The van der Waals surface area contributed by atoms with Crippen molar-refractivity contribution in [1.29, 1.82) is 0 Å². The van der Waals surface area contributed by atoms with Gasteiger partial charge in [0.05, 0.1) is 12.5 Å². The molecule has 17 heavy (non-hydrogen) atoms. The lowest BCUT2D eigenvalue weighted by Crippen LogP contribution is -2.19. The van der Waals surface area contributed by atoms with Crippen LogP contribution >= 0.6 is 0 Å². The number of furan rings is 1. The Morgan fingerprint density at radius 1 is 1.12 bits per heavy atom. The summed E-state index contributed by atoms with van der Waals surface area (Å²) in [5, 5.41) is 3.52. The molecule has 1 N–H and O–H groups in total. The fraction of sp³-hybridized carbons (Fsp3) is 0.733. The van der Waals surface area contributed by atoms with Gasteiger partial charge in [-0.25, -0.2) is 0 Å². The lowest BCUT2D eigenvalue weighted by atomic mass is 10.0. The Morgan fingerprint density at radius 2 is 1.88 bits per heavy atom. The summed E-state index contributed by atoms with van der Waals surface area (Å²) < 4.78 is 5.08. The molecular formula is C15H27NO. The minimum atomic E-state index is 0.407. The van der Waals surface area contributed by atoms with Crippen LogP contribution in [0.4, 0.5) is 0 Å². The van der Waals surface area contributed by atoms with Crippen molar-refractivity contribution >= 4 is 0 Å². The topological polar surface area (TPSA) is 25.2 Å². The molecule has 1 atom stereocenters. The second-order valence-electron chi connectivity index (χ2n) is 5.33. The third-order valence-corrected chi connectivity index (χ3v) is 3.20. The van der Waals surface area contributed by atoms with Crippen molar-refractivity contribution in [2.45, 2.75) is 58.9 Å². The summed E-state index contributed by atoms with van der Waals surface area (Å²) in [6.07, 6.45) is 10.3. The zero-order valence-electron chi connectivity index (χ0n) is 11.5. The summed E-state index contributed by atoms with van der Waals surface area (Å²) in [5.41, 5.74) is 1.24. The molecule has 0 fully saturated rings. The van der Waals surface area contributed by atoms with Gasteiger partial charge in [0.15, 0.2) is 0 Å². The highest BCUT2D eigenvalue weighted by Gasteiger charge is 2.04. The monoisotopic (exact) mass is 237 g/mol. The average molecular weight is 237 g/mol. The molecular weight excluding hydrogens is 210 g/mol. The van der Waals surface area contributed by atoms with E-state index in [-0.39, 0.29) is 0 Å². The fourth-order valence-electron chi connectivity index (χ4n) is 1.99. The van der Waals surface area contributed by atoms with E-state index in [0.717, 1.165) is 12.5 Å². The van der Waals surface area contributed by atoms with Gasteiger partial charge in [0.2, 0.25) is 0 Å². The van der Waals surface area contributed by atoms with E-state index in [1.807, 2.05) is 12.3 Å². The zero-order valence-corrected chi connectivity index (χ0v) is 11.5. The number of nitrogens with one attached hydrogen (secondary N) is 1. The van der Waals surface area contributed by atoms with E-state index in [9.17, 15) is 0 Å². The second-order valence-corrected chi connectivity index (χ2v) is 5.33. The molecule has 0 aromatic carbocycles. The first-order valence-electron chi connectivity index (χ1n) is 6.95. The van der Waals surface area contributed by atoms with Crippen LogP contribution in [-0.4, -0.2) is 6.54 Å². The van der Waals surface area contributed by atoms with E-state index in [4.69, 9.17) is 4.42 Å². The molecule has 0 radical (unpaired) electrons. The largest absolute Gasteiger partial charge is 0.472 e. The minimum absolute atomic E-state index is 0.407. The quantitative estimate of drug-likeness (QED) is 0.638. The first-order valence-corrected chi connectivity index (χ1v) is 6.95. The van der Waals surface area contributed by atoms with Gasteiger partial charge in [0.1, 0.15) is 0 Å². The third kappa shape index (κ3) is 6.52. The van der Waals surface area contributed by atoms with Crippen LogP contribution in [0.15, 0.2) is 23.0 Å². The van der Waals surface area contributed by atoms with Gasteiger partial charge in [0.25, 0.3) is 0 Å². The molecule has 1 aromatic rings. The van der Waals surface area contributed by atoms with Crippen molar-refractivity contribution in [2.75, 3.05) is 6.54 Å². The van der Waals surface area contributed by atoms with Crippen LogP contribution in [0, 0.1) is 5.92 Å². The maximum absolute atomic E-state index is 5.08. The second kappa shape index (κ2) is 8.35. The molecule has 1 heterocycles. The van der Waals surface area contributed by atoms with Crippen LogP contribution in [0.3, 0.4) is 0 Å². The van der Waals surface area contributed by atoms with Gasteiger partial charge in [-0.3, -0.25) is 0 Å². The molecule has 0 bridgehead atoms. The summed E-state index contributed by atoms with van der Waals surface area (Å²) in [6.45, 7) is 7.89. The molecule has 0 aliphatic heterocycles. The molecule has 0 spiro atoms. The number of hydrogen-bond acceptors (Lipinski definition) is 2. The standard InChI is InChI=1S/C15H27NO/c1-13(2)8-6-4-5-7-10-16-14(3)15-9-11-17-12-15/h9,11-14,16H,4-8,10H2,1-3H3. The minimum Gasteiger partial charge on any atom is -0.472 e. The first kappa shape index (κ1) is 14.3. The molecule has 0 amide bonds. The zero-order chi connectivity index (χ0) is 12.5.